The van der Waals surface area contributed by atoms with E-state index in [1.807, 2.05) is 36.6 Å². The van der Waals surface area contributed by atoms with Gasteiger partial charge in [0.15, 0.2) is 6.61 Å². The molecule has 0 atom stereocenters. The Hall–Kier alpha value is -1.40. The Morgan fingerprint density at radius 2 is 2.15 bits per heavy atom. The van der Waals surface area contributed by atoms with Gasteiger partial charge in [0.2, 0.25) is 0 Å². The van der Waals surface area contributed by atoms with E-state index in [2.05, 4.69) is 26.2 Å². The first-order valence-corrected chi connectivity index (χ1v) is 7.87. The Morgan fingerprint density at radius 3 is 2.80 bits per heavy atom. The summed E-state index contributed by atoms with van der Waals surface area (Å²) in [6.45, 7) is 2.57. The molecule has 1 aromatic carbocycles. The van der Waals surface area contributed by atoms with E-state index in [4.69, 9.17) is 4.74 Å². The molecular weight excluding hydrogens is 340 g/mol. The van der Waals surface area contributed by atoms with Crippen molar-refractivity contribution < 1.29 is 9.53 Å². The zero-order valence-corrected chi connectivity index (χ0v) is 13.5. The van der Waals surface area contributed by atoms with Crippen LogP contribution in [0.4, 0.5) is 0 Å². The zero-order valence-electron chi connectivity index (χ0n) is 11.1. The fourth-order valence-corrected chi connectivity index (χ4v) is 2.50. The van der Waals surface area contributed by atoms with Crippen LogP contribution in [-0.2, 0) is 11.2 Å². The molecule has 0 saturated heterocycles. The van der Waals surface area contributed by atoms with Crippen molar-refractivity contribution >= 4 is 33.2 Å². The van der Waals surface area contributed by atoms with Gasteiger partial charge in [-0.1, -0.05) is 15.9 Å². The van der Waals surface area contributed by atoms with Crippen molar-refractivity contribution in [2.24, 2.45) is 0 Å². The summed E-state index contributed by atoms with van der Waals surface area (Å²) in [5.41, 5.74) is 1.02. The van der Waals surface area contributed by atoms with Gasteiger partial charge in [-0.15, -0.1) is 11.3 Å². The van der Waals surface area contributed by atoms with Crippen LogP contribution in [0.25, 0.3) is 0 Å². The molecule has 1 N–H and O–H groups in total. The molecule has 0 fully saturated rings. The van der Waals surface area contributed by atoms with E-state index in [1.54, 1.807) is 11.3 Å². The van der Waals surface area contributed by atoms with Crippen molar-refractivity contribution in [3.8, 4) is 5.75 Å². The normalized spacial score (nSPS) is 10.3. The summed E-state index contributed by atoms with van der Waals surface area (Å²) in [5, 5.41) is 5.87. The van der Waals surface area contributed by atoms with Crippen molar-refractivity contribution in [3.05, 3.63) is 44.8 Å². The van der Waals surface area contributed by atoms with Crippen LogP contribution in [-0.4, -0.2) is 24.0 Å². The summed E-state index contributed by atoms with van der Waals surface area (Å²) in [7, 11) is 0. The van der Waals surface area contributed by atoms with Gasteiger partial charge in [-0.25, -0.2) is 4.98 Å². The largest absolute Gasteiger partial charge is 0.484 e. The maximum atomic E-state index is 11.6. The van der Waals surface area contributed by atoms with Gasteiger partial charge >= 0.3 is 0 Å². The summed E-state index contributed by atoms with van der Waals surface area (Å²) in [5.74, 6) is 0.554. The third kappa shape index (κ3) is 4.94. The molecule has 2 rings (SSSR count). The number of hydrogen-bond donors (Lipinski definition) is 1. The van der Waals surface area contributed by atoms with E-state index in [0.29, 0.717) is 12.3 Å². The number of aryl methyl sites for hydroxylation is 1. The highest BCUT2D eigenvalue weighted by molar-refractivity contribution is 9.10. The van der Waals surface area contributed by atoms with Gasteiger partial charge in [-0.3, -0.25) is 4.79 Å². The average molecular weight is 355 g/mol. The standard InChI is InChI=1S/C14H15BrN2O2S/c1-10-17-12(9-20-10)6-7-16-14(18)8-19-13-4-2-11(15)3-5-13/h2-5,9H,6-8H2,1H3,(H,16,18). The van der Waals surface area contributed by atoms with E-state index in [0.717, 1.165) is 21.6 Å². The zero-order chi connectivity index (χ0) is 14.4. The van der Waals surface area contributed by atoms with Gasteiger partial charge in [-0.2, -0.15) is 0 Å². The summed E-state index contributed by atoms with van der Waals surface area (Å²) < 4.78 is 6.36. The topological polar surface area (TPSA) is 51.2 Å². The SMILES string of the molecule is Cc1nc(CCNC(=O)COc2ccc(Br)cc2)cs1. The maximum absolute atomic E-state index is 11.6. The predicted octanol–water partition coefficient (Wildman–Crippen LogP) is 2.95. The first kappa shape index (κ1) is 15.0. The van der Waals surface area contributed by atoms with Crippen molar-refractivity contribution in [2.45, 2.75) is 13.3 Å². The van der Waals surface area contributed by atoms with Crippen molar-refractivity contribution in [2.75, 3.05) is 13.2 Å². The second-order valence-corrected chi connectivity index (χ2v) is 6.18. The molecule has 1 aromatic heterocycles. The molecule has 0 aliphatic rings. The lowest BCUT2D eigenvalue weighted by molar-refractivity contribution is -0.123. The van der Waals surface area contributed by atoms with Crippen LogP contribution in [0.2, 0.25) is 0 Å². The molecule has 20 heavy (non-hydrogen) atoms. The highest BCUT2D eigenvalue weighted by Gasteiger charge is 2.03. The van der Waals surface area contributed by atoms with Gasteiger partial charge in [0, 0.05) is 22.8 Å². The van der Waals surface area contributed by atoms with Crippen LogP contribution in [0.15, 0.2) is 34.1 Å². The lowest BCUT2D eigenvalue weighted by atomic mass is 10.3. The third-order valence-corrected chi connectivity index (χ3v) is 3.90. The van der Waals surface area contributed by atoms with Crippen molar-refractivity contribution in [3.63, 3.8) is 0 Å². The number of hydrogen-bond acceptors (Lipinski definition) is 4. The predicted molar refractivity (Wildman–Crippen MR) is 83.2 cm³/mol. The fourth-order valence-electron chi connectivity index (χ4n) is 1.58. The maximum Gasteiger partial charge on any atom is 0.257 e. The second-order valence-electron chi connectivity index (χ2n) is 4.20. The number of rotatable bonds is 6. The lowest BCUT2D eigenvalue weighted by Gasteiger charge is -2.07. The number of carbonyl (C=O) groups is 1. The number of benzene rings is 1. The third-order valence-electron chi connectivity index (χ3n) is 2.55. The number of nitrogens with zero attached hydrogens (tertiary/aromatic N) is 1. The fraction of sp³-hybridized carbons (Fsp3) is 0.286. The molecule has 0 aliphatic heterocycles. The summed E-state index contributed by atoms with van der Waals surface area (Å²) in [4.78, 5) is 16.0. The Balaban J connectivity index is 1.66. The monoisotopic (exact) mass is 354 g/mol. The molecule has 0 aliphatic carbocycles. The average Bonchev–Trinajstić information content (AvgIpc) is 2.84. The van der Waals surface area contributed by atoms with E-state index >= 15 is 0 Å². The Bertz CT molecular complexity index is 569. The molecular formula is C14H15BrN2O2S. The first-order valence-electron chi connectivity index (χ1n) is 6.19. The van der Waals surface area contributed by atoms with Gasteiger partial charge in [0.1, 0.15) is 5.75 Å². The smallest absolute Gasteiger partial charge is 0.257 e. The van der Waals surface area contributed by atoms with Crippen LogP contribution in [0.1, 0.15) is 10.7 Å². The number of ether oxygens (including phenoxy) is 1. The Kier molecular flexibility index (Phi) is 5.55. The van der Waals surface area contributed by atoms with Crippen LogP contribution in [0.3, 0.4) is 0 Å². The number of aromatic nitrogens is 1. The molecule has 2 aromatic rings. The molecule has 1 amide bonds. The number of carbonyl (C=O) groups excluding carboxylic acids is 1. The van der Waals surface area contributed by atoms with E-state index in [9.17, 15) is 4.79 Å². The van der Waals surface area contributed by atoms with E-state index in [-0.39, 0.29) is 12.5 Å². The highest BCUT2D eigenvalue weighted by atomic mass is 79.9. The van der Waals surface area contributed by atoms with Crippen LogP contribution < -0.4 is 10.1 Å². The van der Waals surface area contributed by atoms with Crippen LogP contribution in [0.5, 0.6) is 5.75 Å². The van der Waals surface area contributed by atoms with Gasteiger partial charge in [0.25, 0.3) is 5.91 Å². The number of halogens is 1. The summed E-state index contributed by atoms with van der Waals surface area (Å²) >= 11 is 4.96. The minimum absolute atomic E-state index is 0.0255. The van der Waals surface area contributed by atoms with Gasteiger partial charge in [0.05, 0.1) is 10.7 Å². The molecule has 1 heterocycles. The van der Waals surface area contributed by atoms with E-state index < -0.39 is 0 Å². The molecule has 6 heteroatoms. The summed E-state index contributed by atoms with van der Waals surface area (Å²) in [6, 6.07) is 7.38. The minimum atomic E-state index is -0.125. The Morgan fingerprint density at radius 1 is 1.40 bits per heavy atom. The van der Waals surface area contributed by atoms with E-state index in [1.165, 1.54) is 0 Å². The Labute approximate surface area is 130 Å². The molecule has 4 nitrogen and oxygen atoms in total. The van der Waals surface area contributed by atoms with Gasteiger partial charge in [-0.05, 0) is 31.2 Å². The van der Waals surface area contributed by atoms with Crippen LogP contribution >= 0.6 is 27.3 Å². The second kappa shape index (κ2) is 7.40. The minimum Gasteiger partial charge on any atom is -0.484 e. The van der Waals surface area contributed by atoms with Crippen molar-refractivity contribution in [1.82, 2.24) is 10.3 Å². The summed E-state index contributed by atoms with van der Waals surface area (Å²) in [6.07, 6.45) is 0.744. The lowest BCUT2D eigenvalue weighted by Crippen LogP contribution is -2.30. The molecule has 0 spiro atoms. The van der Waals surface area contributed by atoms with Crippen molar-refractivity contribution in [1.29, 1.82) is 0 Å². The van der Waals surface area contributed by atoms with Crippen LogP contribution in [0, 0.1) is 6.92 Å². The molecule has 0 unspecified atom stereocenters. The molecule has 0 saturated carbocycles. The quantitative estimate of drug-likeness (QED) is 0.867. The molecule has 0 bridgehead atoms. The van der Waals surface area contributed by atoms with Gasteiger partial charge < -0.3 is 10.1 Å². The first-order chi connectivity index (χ1) is 9.63. The molecule has 0 radical (unpaired) electrons. The number of amides is 1. The number of thiazole rings is 1. The number of nitrogens with one attached hydrogen (secondary N) is 1. The molecule has 106 valence electrons. The highest BCUT2D eigenvalue weighted by Crippen LogP contribution is 2.15.